The second-order valence-electron chi connectivity index (χ2n) is 4.99. The fourth-order valence-corrected chi connectivity index (χ4v) is 2.68. The van der Waals surface area contributed by atoms with Crippen molar-refractivity contribution in [2.45, 2.75) is 6.92 Å². The minimum absolute atomic E-state index is 0.403. The number of nitrogens with one attached hydrogen (secondary N) is 3. The molecule has 2 aromatic rings. The topological polar surface area (TPSA) is 87.3 Å². The van der Waals surface area contributed by atoms with Gasteiger partial charge in [-0.25, -0.2) is 13.2 Å². The lowest BCUT2D eigenvalue weighted by Crippen LogP contribution is -2.20. The number of urea groups is 1. The van der Waals surface area contributed by atoms with E-state index in [2.05, 4.69) is 15.4 Å². The van der Waals surface area contributed by atoms with E-state index < -0.39 is 16.1 Å². The molecule has 0 spiro atoms. The van der Waals surface area contributed by atoms with Gasteiger partial charge in [-0.15, -0.1) is 0 Å². The maximum Gasteiger partial charge on any atom is 0.323 e. The van der Waals surface area contributed by atoms with E-state index in [0.29, 0.717) is 22.1 Å². The van der Waals surface area contributed by atoms with Gasteiger partial charge in [-0.05, 0) is 55.0 Å². The highest BCUT2D eigenvalue weighted by molar-refractivity contribution is 7.92. The molecule has 0 aliphatic heterocycles. The van der Waals surface area contributed by atoms with E-state index in [1.54, 1.807) is 42.5 Å². The van der Waals surface area contributed by atoms with Gasteiger partial charge < -0.3 is 10.6 Å². The van der Waals surface area contributed by atoms with Gasteiger partial charge in [0.25, 0.3) is 0 Å². The van der Waals surface area contributed by atoms with Crippen LogP contribution in [0.5, 0.6) is 0 Å². The van der Waals surface area contributed by atoms with E-state index in [1.165, 1.54) is 0 Å². The lowest BCUT2D eigenvalue weighted by molar-refractivity contribution is 0.262. The molecule has 8 heteroatoms. The van der Waals surface area contributed by atoms with Gasteiger partial charge in [0.15, 0.2) is 0 Å². The number of benzene rings is 2. The lowest BCUT2D eigenvalue weighted by atomic mass is 10.2. The zero-order valence-electron chi connectivity index (χ0n) is 12.6. The smallest absolute Gasteiger partial charge is 0.308 e. The van der Waals surface area contributed by atoms with E-state index in [-0.39, 0.29) is 0 Å². The number of anilines is 3. The van der Waals surface area contributed by atoms with Gasteiger partial charge >= 0.3 is 6.03 Å². The van der Waals surface area contributed by atoms with Crippen LogP contribution in [-0.4, -0.2) is 20.7 Å². The van der Waals surface area contributed by atoms with Crippen molar-refractivity contribution < 1.29 is 13.2 Å². The number of amides is 2. The molecule has 2 aromatic carbocycles. The molecular formula is C15H16ClN3O3S. The third-order valence-corrected chi connectivity index (χ3v) is 3.72. The quantitative estimate of drug-likeness (QED) is 0.783. The van der Waals surface area contributed by atoms with E-state index in [4.69, 9.17) is 11.6 Å². The van der Waals surface area contributed by atoms with Crippen molar-refractivity contribution in [1.29, 1.82) is 0 Å². The van der Waals surface area contributed by atoms with Crippen LogP contribution in [0.2, 0.25) is 5.02 Å². The molecule has 2 amide bonds. The number of aryl methyl sites for hydroxylation is 1. The Bertz CT molecular complexity index is 820. The Kier molecular flexibility index (Phi) is 5.12. The average molecular weight is 354 g/mol. The summed E-state index contributed by atoms with van der Waals surface area (Å²) in [5.41, 5.74) is 2.46. The van der Waals surface area contributed by atoms with Crippen LogP contribution in [-0.2, 0) is 10.0 Å². The number of carbonyl (C=O) groups is 1. The second kappa shape index (κ2) is 6.89. The molecule has 0 saturated heterocycles. The molecular weight excluding hydrogens is 338 g/mol. The van der Waals surface area contributed by atoms with Crippen molar-refractivity contribution >= 4 is 44.7 Å². The predicted molar refractivity (Wildman–Crippen MR) is 93.7 cm³/mol. The summed E-state index contributed by atoms with van der Waals surface area (Å²) in [6, 6.07) is 11.1. The molecule has 0 atom stereocenters. The monoisotopic (exact) mass is 353 g/mol. The molecule has 6 nitrogen and oxygen atoms in total. The third kappa shape index (κ3) is 5.46. The Hall–Kier alpha value is -2.25. The van der Waals surface area contributed by atoms with Gasteiger partial charge in [-0.1, -0.05) is 11.6 Å². The second-order valence-corrected chi connectivity index (χ2v) is 7.17. The van der Waals surface area contributed by atoms with Crippen molar-refractivity contribution in [1.82, 2.24) is 0 Å². The van der Waals surface area contributed by atoms with E-state index in [9.17, 15) is 13.2 Å². The third-order valence-electron chi connectivity index (χ3n) is 2.88. The standard InChI is InChI=1S/C15H16ClN3O3S/c1-10-9-11(16)3-8-14(10)18-15(20)17-12-4-6-13(7-5-12)19-23(2,21)22/h3-9,19H,1-2H3,(H2,17,18,20). The van der Waals surface area contributed by atoms with Crippen LogP contribution < -0.4 is 15.4 Å². The highest BCUT2D eigenvalue weighted by atomic mass is 35.5. The van der Waals surface area contributed by atoms with Gasteiger partial charge in [-0.3, -0.25) is 4.72 Å². The number of rotatable bonds is 4. The SMILES string of the molecule is Cc1cc(Cl)ccc1NC(=O)Nc1ccc(NS(C)(=O)=O)cc1. The Balaban J connectivity index is 2.00. The summed E-state index contributed by atoms with van der Waals surface area (Å²) in [4.78, 5) is 12.0. The summed E-state index contributed by atoms with van der Waals surface area (Å²) in [6.07, 6.45) is 1.07. The summed E-state index contributed by atoms with van der Waals surface area (Å²) in [5.74, 6) is 0. The van der Waals surface area contributed by atoms with Gasteiger partial charge in [0.05, 0.1) is 6.26 Å². The number of hydrogen-bond donors (Lipinski definition) is 3. The van der Waals surface area contributed by atoms with Crippen LogP contribution in [0.25, 0.3) is 0 Å². The van der Waals surface area contributed by atoms with Crippen molar-refractivity contribution in [3.8, 4) is 0 Å². The van der Waals surface area contributed by atoms with Crippen LogP contribution in [0.3, 0.4) is 0 Å². The fourth-order valence-electron chi connectivity index (χ4n) is 1.89. The molecule has 0 unspecified atom stereocenters. The molecule has 0 radical (unpaired) electrons. The first-order chi connectivity index (χ1) is 10.7. The highest BCUT2D eigenvalue weighted by Gasteiger charge is 2.06. The fraction of sp³-hybridized carbons (Fsp3) is 0.133. The van der Waals surface area contributed by atoms with E-state index in [1.807, 2.05) is 6.92 Å². The molecule has 0 fully saturated rings. The summed E-state index contributed by atoms with van der Waals surface area (Å²) in [5, 5.41) is 5.98. The molecule has 0 bridgehead atoms. The van der Waals surface area contributed by atoms with Crippen LogP contribution in [0, 0.1) is 6.92 Å². The average Bonchev–Trinajstić information content (AvgIpc) is 2.42. The van der Waals surface area contributed by atoms with Gasteiger partial charge in [0.2, 0.25) is 10.0 Å². The minimum atomic E-state index is -3.32. The molecule has 23 heavy (non-hydrogen) atoms. The maximum atomic E-state index is 12.0. The molecule has 0 aliphatic rings. The predicted octanol–water partition coefficient (Wildman–Crippen LogP) is 3.66. The normalized spacial score (nSPS) is 10.9. The van der Waals surface area contributed by atoms with Crippen molar-refractivity contribution in [2.75, 3.05) is 21.6 Å². The number of carbonyl (C=O) groups excluding carboxylic acids is 1. The Morgan fingerprint density at radius 3 is 2.17 bits per heavy atom. The van der Waals surface area contributed by atoms with Crippen molar-refractivity contribution in [3.05, 3.63) is 53.1 Å². The number of halogens is 1. The van der Waals surface area contributed by atoms with E-state index in [0.717, 1.165) is 11.8 Å². The lowest BCUT2D eigenvalue weighted by Gasteiger charge is -2.11. The van der Waals surface area contributed by atoms with Crippen LogP contribution in [0.1, 0.15) is 5.56 Å². The molecule has 0 aliphatic carbocycles. The molecule has 122 valence electrons. The van der Waals surface area contributed by atoms with E-state index >= 15 is 0 Å². The van der Waals surface area contributed by atoms with Gasteiger partial charge in [0.1, 0.15) is 0 Å². The largest absolute Gasteiger partial charge is 0.323 e. The minimum Gasteiger partial charge on any atom is -0.308 e. The van der Waals surface area contributed by atoms with Crippen LogP contribution >= 0.6 is 11.6 Å². The Morgan fingerprint density at radius 1 is 1.00 bits per heavy atom. The molecule has 0 aromatic heterocycles. The zero-order chi connectivity index (χ0) is 17.0. The van der Waals surface area contributed by atoms with Gasteiger partial charge in [-0.2, -0.15) is 0 Å². The first-order valence-corrected chi connectivity index (χ1v) is 8.92. The molecule has 3 N–H and O–H groups in total. The number of hydrogen-bond acceptors (Lipinski definition) is 3. The maximum absolute atomic E-state index is 12.0. The number of sulfonamides is 1. The summed E-state index contributed by atoms with van der Waals surface area (Å²) >= 11 is 5.87. The first kappa shape index (κ1) is 17.1. The molecule has 2 rings (SSSR count). The first-order valence-electron chi connectivity index (χ1n) is 6.65. The zero-order valence-corrected chi connectivity index (χ0v) is 14.1. The van der Waals surface area contributed by atoms with Crippen LogP contribution in [0.15, 0.2) is 42.5 Å². The molecule has 0 heterocycles. The van der Waals surface area contributed by atoms with Gasteiger partial charge in [0, 0.05) is 22.1 Å². The van der Waals surface area contributed by atoms with Crippen molar-refractivity contribution in [3.63, 3.8) is 0 Å². The Labute approximate surface area is 139 Å². The van der Waals surface area contributed by atoms with Crippen molar-refractivity contribution in [2.24, 2.45) is 0 Å². The summed E-state index contributed by atoms with van der Waals surface area (Å²) < 4.78 is 24.6. The summed E-state index contributed by atoms with van der Waals surface area (Å²) in [6.45, 7) is 1.84. The Morgan fingerprint density at radius 2 is 1.61 bits per heavy atom. The highest BCUT2D eigenvalue weighted by Crippen LogP contribution is 2.20. The van der Waals surface area contributed by atoms with Crippen LogP contribution in [0.4, 0.5) is 21.9 Å². The summed E-state index contributed by atoms with van der Waals surface area (Å²) in [7, 11) is -3.32. The molecule has 0 saturated carbocycles.